The number of carbonyl (C=O) groups is 1. The molecule has 0 unspecified atom stereocenters. The Morgan fingerprint density at radius 3 is 2.15 bits per heavy atom. The van der Waals surface area contributed by atoms with E-state index in [4.69, 9.17) is 0 Å². The molecule has 20 heavy (non-hydrogen) atoms. The van der Waals surface area contributed by atoms with Gasteiger partial charge in [-0.05, 0) is 18.1 Å². The van der Waals surface area contributed by atoms with E-state index in [1.807, 2.05) is 6.92 Å². The number of hydrogen-bond donors (Lipinski definition) is 0. The number of carbonyl (C=O) groups excluding carboxylic acids is 1. The van der Waals surface area contributed by atoms with Crippen molar-refractivity contribution in [2.24, 2.45) is 0 Å². The van der Waals surface area contributed by atoms with Gasteiger partial charge in [0.05, 0.1) is 5.56 Å². The van der Waals surface area contributed by atoms with Gasteiger partial charge in [-0.2, -0.15) is 13.2 Å². The highest BCUT2D eigenvalue weighted by atomic mass is 19.4. The van der Waals surface area contributed by atoms with Crippen molar-refractivity contribution < 1.29 is 18.0 Å². The van der Waals surface area contributed by atoms with Crippen LogP contribution < -0.4 is 0 Å². The van der Waals surface area contributed by atoms with E-state index in [-0.39, 0.29) is 11.1 Å². The van der Waals surface area contributed by atoms with Crippen molar-refractivity contribution in [1.29, 1.82) is 0 Å². The Labute approximate surface area is 115 Å². The summed E-state index contributed by atoms with van der Waals surface area (Å²) >= 11 is 0. The van der Waals surface area contributed by atoms with E-state index in [1.54, 1.807) is 24.3 Å². The summed E-state index contributed by atoms with van der Waals surface area (Å²) in [5, 5.41) is 0. The molecule has 0 spiro atoms. The Kier molecular flexibility index (Phi) is 3.93. The fourth-order valence-electron chi connectivity index (χ4n) is 1.98. The number of benzene rings is 2. The molecule has 4 heteroatoms. The number of ketones is 1. The van der Waals surface area contributed by atoms with E-state index in [0.29, 0.717) is 0 Å². The maximum Gasteiger partial charge on any atom is 0.417 e. The molecule has 0 aliphatic heterocycles. The van der Waals surface area contributed by atoms with Gasteiger partial charge in [0.15, 0.2) is 5.78 Å². The number of rotatable bonds is 3. The van der Waals surface area contributed by atoms with Crippen LogP contribution in [0, 0.1) is 0 Å². The second-order valence-electron chi connectivity index (χ2n) is 4.42. The minimum Gasteiger partial charge on any atom is -0.289 e. The van der Waals surface area contributed by atoms with E-state index in [9.17, 15) is 18.0 Å². The van der Waals surface area contributed by atoms with Crippen LogP contribution in [0.3, 0.4) is 0 Å². The highest BCUT2D eigenvalue weighted by Crippen LogP contribution is 2.32. The lowest BCUT2D eigenvalue weighted by molar-refractivity contribution is -0.137. The number of aryl methyl sites for hydroxylation is 1. The first-order valence-corrected chi connectivity index (χ1v) is 6.23. The van der Waals surface area contributed by atoms with Crippen LogP contribution in [0.15, 0.2) is 48.5 Å². The van der Waals surface area contributed by atoms with Gasteiger partial charge < -0.3 is 0 Å². The normalized spacial score (nSPS) is 11.4. The molecule has 0 fully saturated rings. The summed E-state index contributed by atoms with van der Waals surface area (Å²) < 4.78 is 38.7. The van der Waals surface area contributed by atoms with Gasteiger partial charge in [-0.15, -0.1) is 0 Å². The molecule has 0 aliphatic carbocycles. The van der Waals surface area contributed by atoms with Gasteiger partial charge in [-0.25, -0.2) is 0 Å². The van der Waals surface area contributed by atoms with E-state index in [1.165, 1.54) is 18.2 Å². The van der Waals surface area contributed by atoms with Crippen LogP contribution in [0.4, 0.5) is 13.2 Å². The summed E-state index contributed by atoms with van der Waals surface area (Å²) in [7, 11) is 0. The Morgan fingerprint density at radius 1 is 1.00 bits per heavy atom. The fourth-order valence-corrected chi connectivity index (χ4v) is 1.98. The highest BCUT2D eigenvalue weighted by Gasteiger charge is 2.34. The van der Waals surface area contributed by atoms with Gasteiger partial charge in [-0.1, -0.05) is 49.4 Å². The third-order valence-electron chi connectivity index (χ3n) is 3.10. The smallest absolute Gasteiger partial charge is 0.289 e. The highest BCUT2D eigenvalue weighted by molar-refractivity contribution is 6.10. The standard InChI is InChI=1S/C16H13F3O/c1-2-11-7-9-12(10-8-11)15(20)13-5-3-4-6-14(13)16(17,18)19/h3-10H,2H2,1H3. The molecule has 0 atom stereocenters. The molecule has 1 nitrogen and oxygen atoms in total. The number of hydrogen-bond acceptors (Lipinski definition) is 1. The second-order valence-corrected chi connectivity index (χ2v) is 4.42. The van der Waals surface area contributed by atoms with E-state index >= 15 is 0 Å². The maximum absolute atomic E-state index is 12.9. The average Bonchev–Trinajstić information content (AvgIpc) is 2.46. The number of alkyl halides is 3. The first-order chi connectivity index (χ1) is 9.43. The summed E-state index contributed by atoms with van der Waals surface area (Å²) in [5.41, 5.74) is 0.0818. The average molecular weight is 278 g/mol. The molecule has 0 radical (unpaired) electrons. The molecule has 104 valence electrons. The zero-order valence-electron chi connectivity index (χ0n) is 10.9. The van der Waals surface area contributed by atoms with Gasteiger partial charge in [0.2, 0.25) is 0 Å². The summed E-state index contributed by atoms with van der Waals surface area (Å²) in [6.07, 6.45) is -3.72. The minimum absolute atomic E-state index is 0.263. The lowest BCUT2D eigenvalue weighted by Gasteiger charge is -2.11. The molecular formula is C16H13F3O. The van der Waals surface area contributed by atoms with Crippen LogP contribution in [0.1, 0.15) is 34.0 Å². The third-order valence-corrected chi connectivity index (χ3v) is 3.10. The van der Waals surface area contributed by atoms with Crippen molar-refractivity contribution in [1.82, 2.24) is 0 Å². The molecule has 0 bridgehead atoms. The number of halogens is 3. The van der Waals surface area contributed by atoms with Gasteiger partial charge in [0, 0.05) is 11.1 Å². The summed E-state index contributed by atoms with van der Waals surface area (Å²) in [4.78, 5) is 12.2. The van der Waals surface area contributed by atoms with E-state index in [2.05, 4.69) is 0 Å². The van der Waals surface area contributed by atoms with Crippen LogP contribution in [0.5, 0.6) is 0 Å². The summed E-state index contributed by atoms with van der Waals surface area (Å²) in [6, 6.07) is 11.5. The van der Waals surface area contributed by atoms with Gasteiger partial charge in [0.25, 0.3) is 0 Å². The largest absolute Gasteiger partial charge is 0.417 e. The van der Waals surface area contributed by atoms with Crippen molar-refractivity contribution in [2.75, 3.05) is 0 Å². The molecular weight excluding hydrogens is 265 g/mol. The molecule has 0 aliphatic rings. The third kappa shape index (κ3) is 2.90. The molecule has 0 amide bonds. The zero-order chi connectivity index (χ0) is 14.8. The van der Waals surface area contributed by atoms with Crippen LogP contribution in [0.2, 0.25) is 0 Å². The lowest BCUT2D eigenvalue weighted by atomic mass is 9.97. The van der Waals surface area contributed by atoms with Crippen LogP contribution in [-0.4, -0.2) is 5.78 Å². The molecule has 0 heterocycles. The molecule has 0 saturated heterocycles. The van der Waals surface area contributed by atoms with Gasteiger partial charge >= 0.3 is 6.18 Å². The van der Waals surface area contributed by atoms with Gasteiger partial charge in [0.1, 0.15) is 0 Å². The quantitative estimate of drug-likeness (QED) is 0.755. The molecule has 0 aromatic heterocycles. The van der Waals surface area contributed by atoms with Crippen molar-refractivity contribution in [3.8, 4) is 0 Å². The first kappa shape index (κ1) is 14.3. The van der Waals surface area contributed by atoms with Crippen LogP contribution >= 0.6 is 0 Å². The van der Waals surface area contributed by atoms with Crippen molar-refractivity contribution in [3.05, 3.63) is 70.8 Å². The molecule has 0 saturated carbocycles. The zero-order valence-corrected chi connectivity index (χ0v) is 10.9. The fraction of sp³-hybridized carbons (Fsp3) is 0.188. The van der Waals surface area contributed by atoms with Crippen LogP contribution in [0.25, 0.3) is 0 Å². The Bertz CT molecular complexity index is 612. The van der Waals surface area contributed by atoms with E-state index in [0.717, 1.165) is 18.1 Å². The molecule has 2 aromatic carbocycles. The lowest BCUT2D eigenvalue weighted by Crippen LogP contribution is -2.13. The molecule has 2 rings (SSSR count). The summed E-state index contributed by atoms with van der Waals surface area (Å²) in [5.74, 6) is -0.611. The van der Waals surface area contributed by atoms with Crippen molar-refractivity contribution in [3.63, 3.8) is 0 Å². The van der Waals surface area contributed by atoms with E-state index < -0.39 is 17.5 Å². The van der Waals surface area contributed by atoms with Crippen LogP contribution in [-0.2, 0) is 12.6 Å². The Hall–Kier alpha value is -2.10. The van der Waals surface area contributed by atoms with Crippen molar-refractivity contribution >= 4 is 5.78 Å². The monoisotopic (exact) mass is 278 g/mol. The second kappa shape index (κ2) is 5.49. The van der Waals surface area contributed by atoms with Crippen molar-refractivity contribution in [2.45, 2.75) is 19.5 Å². The predicted octanol–water partition coefficient (Wildman–Crippen LogP) is 4.50. The SMILES string of the molecule is CCc1ccc(C(=O)c2ccccc2C(F)(F)F)cc1. The topological polar surface area (TPSA) is 17.1 Å². The Morgan fingerprint density at radius 2 is 1.60 bits per heavy atom. The summed E-state index contributed by atoms with van der Waals surface area (Å²) in [6.45, 7) is 1.97. The Balaban J connectivity index is 2.43. The molecule has 2 aromatic rings. The maximum atomic E-state index is 12.9. The van der Waals surface area contributed by atoms with Gasteiger partial charge in [-0.3, -0.25) is 4.79 Å². The predicted molar refractivity (Wildman–Crippen MR) is 70.7 cm³/mol. The molecule has 0 N–H and O–H groups in total. The first-order valence-electron chi connectivity index (χ1n) is 6.23. The minimum atomic E-state index is -4.53.